The molecule has 2 aromatic carbocycles. The summed E-state index contributed by atoms with van der Waals surface area (Å²) in [6.07, 6.45) is 0.608. The molecule has 0 radical (unpaired) electrons. The third-order valence-corrected chi connectivity index (χ3v) is 5.25. The summed E-state index contributed by atoms with van der Waals surface area (Å²) < 4.78 is 0. The molecule has 6 heteroatoms. The molecule has 1 aliphatic carbocycles. The van der Waals surface area contributed by atoms with Gasteiger partial charge in [-0.15, -0.1) is 0 Å². The molecular formula is C22H25NO5. The predicted octanol–water partition coefficient (Wildman–Crippen LogP) is 3.19. The molecule has 2 atom stereocenters. The lowest BCUT2D eigenvalue weighted by molar-refractivity contribution is -0.204. The molecule has 2 N–H and O–H groups in total. The minimum absolute atomic E-state index is 0.0661. The first kappa shape index (κ1) is 20.0. The maximum absolute atomic E-state index is 11.6. The van der Waals surface area contributed by atoms with Crippen LogP contribution in [0.4, 0.5) is 0 Å². The Morgan fingerprint density at radius 3 is 2.21 bits per heavy atom. The van der Waals surface area contributed by atoms with Crippen molar-refractivity contribution in [3.63, 3.8) is 0 Å². The number of hydrogen-bond acceptors (Lipinski definition) is 4. The number of fused-ring (bicyclic) bond motifs is 3. The molecule has 0 aromatic heterocycles. The van der Waals surface area contributed by atoms with Gasteiger partial charge in [0.15, 0.2) is 6.10 Å². The van der Waals surface area contributed by atoms with Crippen molar-refractivity contribution in [2.45, 2.75) is 44.2 Å². The maximum Gasteiger partial charge on any atom is 0.334 e. The molecule has 0 aliphatic heterocycles. The van der Waals surface area contributed by atoms with E-state index in [2.05, 4.69) is 12.1 Å². The van der Waals surface area contributed by atoms with Gasteiger partial charge >= 0.3 is 5.97 Å². The molecule has 0 spiro atoms. The predicted molar refractivity (Wildman–Crippen MR) is 105 cm³/mol. The van der Waals surface area contributed by atoms with Crippen molar-refractivity contribution in [2.75, 3.05) is 6.61 Å². The number of hydrogen-bond donors (Lipinski definition) is 2. The summed E-state index contributed by atoms with van der Waals surface area (Å²) in [5, 5.41) is 20.2. The van der Waals surface area contributed by atoms with E-state index in [1.54, 1.807) is 0 Å². The second-order valence-corrected chi connectivity index (χ2v) is 6.98. The van der Waals surface area contributed by atoms with Crippen LogP contribution < -0.4 is 0 Å². The van der Waals surface area contributed by atoms with Crippen molar-refractivity contribution < 1.29 is 24.6 Å². The highest BCUT2D eigenvalue weighted by Gasteiger charge is 2.33. The quantitative estimate of drug-likeness (QED) is 0.486. The summed E-state index contributed by atoms with van der Waals surface area (Å²) in [5.41, 5.74) is 4.49. The van der Waals surface area contributed by atoms with E-state index in [4.69, 9.17) is 4.84 Å². The normalized spacial score (nSPS) is 14.8. The number of unbranched alkanes of at least 4 members (excludes halogenated alkanes) is 1. The third kappa shape index (κ3) is 3.93. The smallest absolute Gasteiger partial charge is 0.334 e. The molecule has 6 nitrogen and oxygen atoms in total. The Balaban J connectivity index is 1.81. The monoisotopic (exact) mass is 383 g/mol. The van der Waals surface area contributed by atoms with Crippen molar-refractivity contribution >= 4 is 12.4 Å². The third-order valence-electron chi connectivity index (χ3n) is 5.25. The lowest BCUT2D eigenvalue weighted by Gasteiger charge is -2.30. The van der Waals surface area contributed by atoms with Crippen LogP contribution in [0.5, 0.6) is 0 Å². The van der Waals surface area contributed by atoms with Crippen LogP contribution >= 0.6 is 0 Å². The molecule has 1 aliphatic rings. The van der Waals surface area contributed by atoms with Crippen molar-refractivity contribution in [3.8, 4) is 11.1 Å². The molecule has 3 rings (SSSR count). The highest BCUT2D eigenvalue weighted by molar-refractivity contribution is 5.78. The van der Waals surface area contributed by atoms with Gasteiger partial charge in [-0.05, 0) is 28.7 Å². The zero-order valence-corrected chi connectivity index (χ0v) is 15.8. The maximum atomic E-state index is 11.6. The molecule has 148 valence electrons. The van der Waals surface area contributed by atoms with Crippen LogP contribution in [-0.2, 0) is 14.4 Å². The van der Waals surface area contributed by atoms with Crippen LogP contribution in [0, 0.1) is 0 Å². The van der Waals surface area contributed by atoms with E-state index in [0.29, 0.717) is 19.3 Å². The highest BCUT2D eigenvalue weighted by Crippen LogP contribution is 2.44. The number of carbonyl (C=O) groups excluding carboxylic acids is 1. The van der Waals surface area contributed by atoms with Crippen LogP contribution in [0.3, 0.4) is 0 Å². The van der Waals surface area contributed by atoms with E-state index in [1.165, 1.54) is 0 Å². The lowest BCUT2D eigenvalue weighted by Crippen LogP contribution is -2.47. The van der Waals surface area contributed by atoms with Crippen LogP contribution in [0.15, 0.2) is 48.5 Å². The molecule has 0 bridgehead atoms. The number of carboxylic acids is 1. The lowest BCUT2D eigenvalue weighted by atomic mass is 9.98. The second-order valence-electron chi connectivity index (χ2n) is 6.98. The van der Waals surface area contributed by atoms with Gasteiger partial charge < -0.3 is 10.2 Å². The van der Waals surface area contributed by atoms with Gasteiger partial charge in [-0.25, -0.2) is 9.86 Å². The average Bonchev–Trinajstić information content (AvgIpc) is 3.04. The van der Waals surface area contributed by atoms with Gasteiger partial charge in [0.05, 0.1) is 12.6 Å². The SMILES string of the molecule is CCCCC(C(O)C(=O)O)N(C=O)OCC1c2ccccc2-c2ccccc21. The minimum atomic E-state index is -1.69. The summed E-state index contributed by atoms with van der Waals surface area (Å²) in [5.74, 6) is -1.43. The summed E-state index contributed by atoms with van der Waals surface area (Å²) >= 11 is 0. The molecule has 28 heavy (non-hydrogen) atoms. The molecule has 2 unspecified atom stereocenters. The largest absolute Gasteiger partial charge is 0.479 e. The van der Waals surface area contributed by atoms with E-state index in [-0.39, 0.29) is 12.5 Å². The number of aliphatic hydroxyl groups excluding tert-OH is 1. The summed E-state index contributed by atoms with van der Waals surface area (Å²) in [6, 6.07) is 15.2. The van der Waals surface area contributed by atoms with Crippen molar-refractivity contribution in [1.82, 2.24) is 5.06 Å². The van der Waals surface area contributed by atoms with E-state index < -0.39 is 18.1 Å². The van der Waals surface area contributed by atoms with Gasteiger partial charge in [0, 0.05) is 5.92 Å². The minimum Gasteiger partial charge on any atom is -0.479 e. The van der Waals surface area contributed by atoms with Crippen LogP contribution in [-0.4, -0.2) is 46.4 Å². The molecule has 1 amide bonds. The van der Waals surface area contributed by atoms with E-state index in [9.17, 15) is 19.8 Å². The van der Waals surface area contributed by atoms with Gasteiger partial charge in [-0.1, -0.05) is 68.3 Å². The molecule has 0 saturated heterocycles. The summed E-state index contributed by atoms with van der Waals surface area (Å²) in [7, 11) is 0. The number of carbonyl (C=O) groups is 2. The van der Waals surface area contributed by atoms with Crippen molar-refractivity contribution in [2.24, 2.45) is 0 Å². The fourth-order valence-electron chi connectivity index (χ4n) is 3.81. The first-order valence-electron chi connectivity index (χ1n) is 9.54. The number of nitrogens with zero attached hydrogens (tertiary/aromatic N) is 1. The molecule has 0 fully saturated rings. The highest BCUT2D eigenvalue weighted by atomic mass is 16.7. The summed E-state index contributed by atoms with van der Waals surface area (Å²) in [4.78, 5) is 28.7. The molecular weight excluding hydrogens is 358 g/mol. The Bertz CT molecular complexity index is 792. The van der Waals surface area contributed by atoms with E-state index in [1.807, 2.05) is 43.3 Å². The molecule has 0 heterocycles. The fourth-order valence-corrected chi connectivity index (χ4v) is 3.81. The van der Waals surface area contributed by atoms with E-state index >= 15 is 0 Å². The van der Waals surface area contributed by atoms with Gasteiger partial charge in [0.25, 0.3) is 0 Å². The topological polar surface area (TPSA) is 87.1 Å². The number of carboxylic acid groups (broad SMARTS) is 1. The van der Waals surface area contributed by atoms with Gasteiger partial charge in [-0.3, -0.25) is 9.63 Å². The molecule has 0 saturated carbocycles. The first-order valence-corrected chi connectivity index (χ1v) is 9.54. The van der Waals surface area contributed by atoms with Crippen molar-refractivity contribution in [1.29, 1.82) is 0 Å². The number of benzene rings is 2. The average molecular weight is 383 g/mol. The second kappa shape index (κ2) is 8.99. The fraction of sp³-hybridized carbons (Fsp3) is 0.364. The van der Waals surface area contributed by atoms with Crippen LogP contribution in [0.2, 0.25) is 0 Å². The summed E-state index contributed by atoms with van der Waals surface area (Å²) in [6.45, 7) is 2.14. The van der Waals surface area contributed by atoms with Gasteiger partial charge in [0.2, 0.25) is 6.41 Å². The van der Waals surface area contributed by atoms with Crippen LogP contribution in [0.25, 0.3) is 11.1 Å². The first-order chi connectivity index (χ1) is 13.6. The van der Waals surface area contributed by atoms with Crippen LogP contribution in [0.1, 0.15) is 43.2 Å². The Labute approximate surface area is 164 Å². The zero-order chi connectivity index (χ0) is 20.1. The number of hydroxylamine groups is 2. The van der Waals surface area contributed by atoms with Gasteiger partial charge in [0.1, 0.15) is 0 Å². The number of aliphatic hydroxyl groups is 1. The Hall–Kier alpha value is -2.70. The number of aliphatic carboxylic acids is 1. The molecule has 2 aromatic rings. The van der Waals surface area contributed by atoms with Gasteiger partial charge in [-0.2, -0.15) is 0 Å². The standard InChI is InChI=1S/C22H25NO5/c1-2-3-12-20(21(25)22(26)27)23(14-24)28-13-19-17-10-6-4-8-15(17)16-9-5-7-11-18(16)19/h4-11,14,19-21,25H,2-3,12-13H2,1H3,(H,26,27). The van der Waals surface area contributed by atoms with E-state index in [0.717, 1.165) is 33.7 Å². The number of rotatable bonds is 10. The van der Waals surface area contributed by atoms with Crippen molar-refractivity contribution in [3.05, 3.63) is 59.7 Å². The number of amides is 1. The Morgan fingerprint density at radius 2 is 1.71 bits per heavy atom. The zero-order valence-electron chi connectivity index (χ0n) is 15.8. The Morgan fingerprint density at radius 1 is 1.14 bits per heavy atom. The Kier molecular flexibility index (Phi) is 6.44.